The van der Waals surface area contributed by atoms with E-state index in [9.17, 15) is 0 Å². The van der Waals surface area contributed by atoms with E-state index in [0.717, 1.165) is 29.1 Å². The molecule has 4 nitrogen and oxygen atoms in total. The maximum absolute atomic E-state index is 4.96. The molecule has 130 valence electrons. The second kappa shape index (κ2) is 7.00. The summed E-state index contributed by atoms with van der Waals surface area (Å²) in [6, 6.07) is 25.1. The molecule has 1 unspecified atom stereocenters. The second-order valence-electron chi connectivity index (χ2n) is 6.64. The average molecular weight is 342 g/mol. The lowest BCUT2D eigenvalue weighted by Gasteiger charge is -2.22. The maximum atomic E-state index is 4.96. The van der Waals surface area contributed by atoms with E-state index in [0.29, 0.717) is 0 Å². The van der Waals surface area contributed by atoms with Crippen molar-refractivity contribution in [1.82, 2.24) is 4.98 Å². The normalized spacial score (nSPS) is 16.5. The third-order valence-corrected chi connectivity index (χ3v) is 4.68. The van der Waals surface area contributed by atoms with Crippen LogP contribution in [-0.2, 0) is 0 Å². The number of anilines is 2. The third-order valence-electron chi connectivity index (χ3n) is 4.68. The Morgan fingerprint density at radius 3 is 2.27 bits per heavy atom. The zero-order chi connectivity index (χ0) is 17.9. The molecule has 4 rings (SSSR count). The summed E-state index contributed by atoms with van der Waals surface area (Å²) in [4.78, 5) is 6.68. The van der Waals surface area contributed by atoms with Crippen LogP contribution in [0.15, 0.2) is 84.1 Å². The number of hydrazone groups is 1. The van der Waals surface area contributed by atoms with E-state index in [1.807, 2.05) is 36.5 Å². The Bertz CT molecular complexity index is 886. The van der Waals surface area contributed by atoms with Gasteiger partial charge in [0.2, 0.25) is 0 Å². The lowest BCUT2D eigenvalue weighted by molar-refractivity contribution is 0.686. The van der Waals surface area contributed by atoms with Crippen molar-refractivity contribution in [3.05, 3.63) is 90.3 Å². The highest BCUT2D eigenvalue weighted by molar-refractivity contribution is 6.03. The van der Waals surface area contributed by atoms with Gasteiger partial charge in [-0.2, -0.15) is 5.10 Å². The minimum absolute atomic E-state index is 0.113. The Morgan fingerprint density at radius 1 is 0.885 bits per heavy atom. The van der Waals surface area contributed by atoms with Crippen LogP contribution in [0.4, 0.5) is 11.4 Å². The number of rotatable bonds is 4. The minimum atomic E-state index is 0.113. The van der Waals surface area contributed by atoms with Crippen LogP contribution in [0, 0.1) is 0 Å². The van der Waals surface area contributed by atoms with Crippen molar-refractivity contribution in [2.75, 3.05) is 24.0 Å². The van der Waals surface area contributed by atoms with Gasteiger partial charge in [0, 0.05) is 32.4 Å². The number of para-hydroxylation sites is 1. The first-order chi connectivity index (χ1) is 12.7. The van der Waals surface area contributed by atoms with Crippen LogP contribution in [0.5, 0.6) is 0 Å². The van der Waals surface area contributed by atoms with Crippen molar-refractivity contribution < 1.29 is 0 Å². The lowest BCUT2D eigenvalue weighted by Crippen LogP contribution is -2.19. The summed E-state index contributed by atoms with van der Waals surface area (Å²) in [7, 11) is 4.10. The molecule has 26 heavy (non-hydrogen) atoms. The molecular formula is C22H22N4. The molecule has 1 atom stereocenters. The first kappa shape index (κ1) is 16.3. The van der Waals surface area contributed by atoms with Crippen LogP contribution in [0.3, 0.4) is 0 Å². The Morgan fingerprint density at radius 2 is 1.62 bits per heavy atom. The number of aromatic nitrogens is 1. The SMILES string of the molecule is CN(C)c1ccc(C2=NN(c3ccccc3)C(c3ccccn3)C2)cc1. The summed E-state index contributed by atoms with van der Waals surface area (Å²) in [6.45, 7) is 0. The second-order valence-corrected chi connectivity index (χ2v) is 6.64. The number of pyridine rings is 1. The first-order valence-electron chi connectivity index (χ1n) is 8.83. The van der Waals surface area contributed by atoms with Crippen molar-refractivity contribution in [2.24, 2.45) is 5.10 Å². The molecule has 2 heterocycles. The predicted octanol–water partition coefficient (Wildman–Crippen LogP) is 4.50. The summed E-state index contributed by atoms with van der Waals surface area (Å²) >= 11 is 0. The van der Waals surface area contributed by atoms with Crippen LogP contribution in [0.1, 0.15) is 23.7 Å². The van der Waals surface area contributed by atoms with E-state index < -0.39 is 0 Å². The molecule has 0 amide bonds. The number of hydrogen-bond acceptors (Lipinski definition) is 4. The Balaban J connectivity index is 1.70. The van der Waals surface area contributed by atoms with E-state index >= 15 is 0 Å². The smallest absolute Gasteiger partial charge is 0.100 e. The van der Waals surface area contributed by atoms with Crippen LogP contribution in [0.2, 0.25) is 0 Å². The van der Waals surface area contributed by atoms with Crippen LogP contribution >= 0.6 is 0 Å². The molecule has 3 aromatic rings. The van der Waals surface area contributed by atoms with E-state index in [4.69, 9.17) is 5.10 Å². The Kier molecular flexibility index (Phi) is 4.40. The maximum Gasteiger partial charge on any atom is 0.100 e. The fourth-order valence-corrected chi connectivity index (χ4v) is 3.26. The molecule has 2 aromatic carbocycles. The zero-order valence-electron chi connectivity index (χ0n) is 15.1. The van der Waals surface area contributed by atoms with Gasteiger partial charge in [-0.05, 0) is 42.0 Å². The van der Waals surface area contributed by atoms with Gasteiger partial charge in [-0.15, -0.1) is 0 Å². The van der Waals surface area contributed by atoms with Crippen molar-refractivity contribution in [2.45, 2.75) is 12.5 Å². The average Bonchev–Trinajstić information content (AvgIpc) is 3.15. The van der Waals surface area contributed by atoms with Gasteiger partial charge in [-0.3, -0.25) is 9.99 Å². The standard InChI is InChI=1S/C22H22N4/c1-25(2)18-13-11-17(12-14-18)21-16-22(20-10-6-7-15-23-20)26(24-21)19-8-4-3-5-9-19/h3-15,22H,16H2,1-2H3. The van der Waals surface area contributed by atoms with Gasteiger partial charge in [-0.1, -0.05) is 36.4 Å². The highest BCUT2D eigenvalue weighted by Gasteiger charge is 2.30. The summed E-state index contributed by atoms with van der Waals surface area (Å²) < 4.78 is 0. The van der Waals surface area contributed by atoms with Gasteiger partial charge < -0.3 is 4.90 Å². The molecule has 1 aliphatic rings. The van der Waals surface area contributed by atoms with Crippen LogP contribution in [0.25, 0.3) is 0 Å². The molecule has 0 saturated carbocycles. The molecular weight excluding hydrogens is 320 g/mol. The molecule has 0 fully saturated rings. The van der Waals surface area contributed by atoms with Gasteiger partial charge in [0.25, 0.3) is 0 Å². The van der Waals surface area contributed by atoms with Crippen LogP contribution < -0.4 is 9.91 Å². The van der Waals surface area contributed by atoms with Gasteiger partial charge in [0.05, 0.1) is 17.1 Å². The molecule has 0 N–H and O–H groups in total. The number of nitrogens with zero attached hydrogens (tertiary/aromatic N) is 4. The molecule has 1 aromatic heterocycles. The highest BCUT2D eigenvalue weighted by Crippen LogP contribution is 2.35. The fraction of sp³-hybridized carbons (Fsp3) is 0.182. The van der Waals surface area contributed by atoms with Crippen molar-refractivity contribution in [3.63, 3.8) is 0 Å². The third kappa shape index (κ3) is 3.18. The van der Waals surface area contributed by atoms with Gasteiger partial charge in [-0.25, -0.2) is 0 Å². The molecule has 0 saturated heterocycles. The topological polar surface area (TPSA) is 31.7 Å². The Hall–Kier alpha value is -3.14. The largest absolute Gasteiger partial charge is 0.378 e. The van der Waals surface area contributed by atoms with E-state index in [1.54, 1.807) is 0 Å². The van der Waals surface area contributed by atoms with Crippen molar-refractivity contribution in [3.8, 4) is 0 Å². The number of hydrogen-bond donors (Lipinski definition) is 0. The van der Waals surface area contributed by atoms with Gasteiger partial charge in [0.1, 0.15) is 6.04 Å². The fourth-order valence-electron chi connectivity index (χ4n) is 3.26. The molecule has 1 aliphatic heterocycles. The van der Waals surface area contributed by atoms with E-state index in [2.05, 4.69) is 71.5 Å². The van der Waals surface area contributed by atoms with Crippen LogP contribution in [-0.4, -0.2) is 24.8 Å². The summed E-state index contributed by atoms with van der Waals surface area (Å²) in [5.41, 5.74) is 5.57. The summed E-state index contributed by atoms with van der Waals surface area (Å²) in [6.07, 6.45) is 2.69. The summed E-state index contributed by atoms with van der Waals surface area (Å²) in [5.74, 6) is 0. The summed E-state index contributed by atoms with van der Waals surface area (Å²) in [5, 5.41) is 7.05. The molecule has 0 spiro atoms. The Labute approximate surface area is 154 Å². The minimum Gasteiger partial charge on any atom is -0.378 e. The monoisotopic (exact) mass is 342 g/mol. The zero-order valence-corrected chi connectivity index (χ0v) is 15.1. The van der Waals surface area contributed by atoms with Crippen molar-refractivity contribution in [1.29, 1.82) is 0 Å². The first-order valence-corrected chi connectivity index (χ1v) is 8.83. The predicted molar refractivity (Wildman–Crippen MR) is 108 cm³/mol. The number of benzene rings is 2. The lowest BCUT2D eigenvalue weighted by atomic mass is 10.0. The van der Waals surface area contributed by atoms with Crippen molar-refractivity contribution >= 4 is 17.1 Å². The molecule has 0 radical (unpaired) electrons. The molecule has 4 heteroatoms. The van der Waals surface area contributed by atoms with Gasteiger partial charge in [0.15, 0.2) is 0 Å². The van der Waals surface area contributed by atoms with Gasteiger partial charge >= 0.3 is 0 Å². The quantitative estimate of drug-likeness (QED) is 0.699. The molecule has 0 aliphatic carbocycles. The van der Waals surface area contributed by atoms with E-state index in [-0.39, 0.29) is 6.04 Å². The highest BCUT2D eigenvalue weighted by atomic mass is 15.5. The van der Waals surface area contributed by atoms with E-state index in [1.165, 1.54) is 5.69 Å². The molecule has 0 bridgehead atoms.